The van der Waals surface area contributed by atoms with Gasteiger partial charge in [-0.15, -0.1) is 0 Å². The van der Waals surface area contributed by atoms with Crippen molar-refractivity contribution in [1.29, 1.82) is 0 Å². The molecule has 1 fully saturated rings. The standard InChI is InChI=1S/C9H12N2O/c1-6-7(8-4-5-10-8)2-3-9(12)11-6/h2-3,8,10H,4-5H2,1H3,(H,11,12)/t8-/m0/s1. The minimum absolute atomic E-state index is 0.0180. The van der Waals surface area contributed by atoms with E-state index in [9.17, 15) is 4.79 Å². The smallest absolute Gasteiger partial charge is 0.248 e. The summed E-state index contributed by atoms with van der Waals surface area (Å²) in [6, 6.07) is 3.95. The molecule has 1 atom stereocenters. The van der Waals surface area contributed by atoms with Gasteiger partial charge in [-0.3, -0.25) is 4.79 Å². The monoisotopic (exact) mass is 164 g/mol. The predicted molar refractivity (Wildman–Crippen MR) is 47.2 cm³/mol. The molecular weight excluding hydrogens is 152 g/mol. The van der Waals surface area contributed by atoms with Crippen molar-refractivity contribution in [2.75, 3.05) is 6.54 Å². The minimum Gasteiger partial charge on any atom is -0.326 e. The first-order chi connectivity index (χ1) is 5.77. The van der Waals surface area contributed by atoms with Gasteiger partial charge in [0.1, 0.15) is 0 Å². The quantitative estimate of drug-likeness (QED) is 0.642. The molecule has 2 N–H and O–H groups in total. The van der Waals surface area contributed by atoms with Crippen LogP contribution >= 0.6 is 0 Å². The second-order valence-corrected chi connectivity index (χ2v) is 3.20. The molecule has 0 aromatic carbocycles. The average molecular weight is 164 g/mol. The van der Waals surface area contributed by atoms with Gasteiger partial charge in [-0.25, -0.2) is 0 Å². The Morgan fingerprint density at radius 2 is 2.25 bits per heavy atom. The molecule has 1 aromatic heterocycles. The van der Waals surface area contributed by atoms with Gasteiger partial charge >= 0.3 is 0 Å². The highest BCUT2D eigenvalue weighted by molar-refractivity contribution is 5.24. The Morgan fingerprint density at radius 3 is 2.75 bits per heavy atom. The maximum absolute atomic E-state index is 10.9. The van der Waals surface area contributed by atoms with E-state index >= 15 is 0 Å². The Hall–Kier alpha value is -1.09. The topological polar surface area (TPSA) is 44.9 Å². The highest BCUT2D eigenvalue weighted by Gasteiger charge is 2.19. The summed E-state index contributed by atoms with van der Waals surface area (Å²) >= 11 is 0. The first kappa shape index (κ1) is 7.55. The largest absolute Gasteiger partial charge is 0.326 e. The van der Waals surface area contributed by atoms with Crippen LogP contribution in [0.5, 0.6) is 0 Å². The summed E-state index contributed by atoms with van der Waals surface area (Å²) in [5.74, 6) is 0. The zero-order chi connectivity index (χ0) is 8.55. The maximum Gasteiger partial charge on any atom is 0.248 e. The molecule has 1 aliphatic heterocycles. The van der Waals surface area contributed by atoms with E-state index in [1.54, 1.807) is 6.07 Å². The number of rotatable bonds is 1. The molecular formula is C9H12N2O. The minimum atomic E-state index is -0.0180. The van der Waals surface area contributed by atoms with Crippen LogP contribution in [0.15, 0.2) is 16.9 Å². The van der Waals surface area contributed by atoms with Crippen LogP contribution in [-0.4, -0.2) is 11.5 Å². The summed E-state index contributed by atoms with van der Waals surface area (Å²) in [5.41, 5.74) is 2.19. The first-order valence-corrected chi connectivity index (χ1v) is 4.20. The number of hydrogen-bond acceptors (Lipinski definition) is 2. The molecule has 0 amide bonds. The highest BCUT2D eigenvalue weighted by atomic mass is 16.1. The van der Waals surface area contributed by atoms with Crippen LogP contribution < -0.4 is 10.9 Å². The Kier molecular flexibility index (Phi) is 1.73. The van der Waals surface area contributed by atoms with Crippen molar-refractivity contribution in [2.45, 2.75) is 19.4 Å². The van der Waals surface area contributed by atoms with E-state index in [0.29, 0.717) is 6.04 Å². The lowest BCUT2D eigenvalue weighted by atomic mass is 9.97. The van der Waals surface area contributed by atoms with E-state index in [4.69, 9.17) is 0 Å². The van der Waals surface area contributed by atoms with Crippen molar-refractivity contribution in [3.8, 4) is 0 Å². The van der Waals surface area contributed by atoms with Crippen LogP contribution in [0.2, 0.25) is 0 Å². The molecule has 2 rings (SSSR count). The number of aromatic nitrogens is 1. The number of aromatic amines is 1. The zero-order valence-corrected chi connectivity index (χ0v) is 7.05. The molecule has 1 saturated heterocycles. The summed E-state index contributed by atoms with van der Waals surface area (Å²) in [5, 5.41) is 3.30. The van der Waals surface area contributed by atoms with Crippen molar-refractivity contribution >= 4 is 0 Å². The van der Waals surface area contributed by atoms with Crippen molar-refractivity contribution in [3.63, 3.8) is 0 Å². The molecule has 3 nitrogen and oxygen atoms in total. The summed E-state index contributed by atoms with van der Waals surface area (Å²) in [6.45, 7) is 3.03. The Morgan fingerprint density at radius 1 is 1.50 bits per heavy atom. The van der Waals surface area contributed by atoms with Gasteiger partial charge in [-0.1, -0.05) is 6.07 Å². The molecule has 1 aliphatic rings. The molecule has 0 radical (unpaired) electrons. The van der Waals surface area contributed by atoms with Gasteiger partial charge < -0.3 is 10.3 Å². The van der Waals surface area contributed by atoms with Crippen molar-refractivity contribution < 1.29 is 0 Å². The number of aryl methyl sites for hydroxylation is 1. The summed E-state index contributed by atoms with van der Waals surface area (Å²) in [4.78, 5) is 13.7. The van der Waals surface area contributed by atoms with E-state index in [2.05, 4.69) is 10.3 Å². The molecule has 0 unspecified atom stereocenters. The Labute approximate surface area is 70.8 Å². The molecule has 0 aliphatic carbocycles. The lowest BCUT2D eigenvalue weighted by Crippen LogP contribution is -2.35. The number of hydrogen-bond donors (Lipinski definition) is 2. The zero-order valence-electron chi connectivity index (χ0n) is 7.05. The summed E-state index contributed by atoms with van der Waals surface area (Å²) in [6.07, 6.45) is 1.17. The van der Waals surface area contributed by atoms with E-state index in [0.717, 1.165) is 12.2 Å². The maximum atomic E-state index is 10.9. The number of pyridine rings is 1. The van der Waals surface area contributed by atoms with E-state index < -0.39 is 0 Å². The van der Waals surface area contributed by atoms with Crippen LogP contribution in [0, 0.1) is 6.92 Å². The van der Waals surface area contributed by atoms with Crippen LogP contribution in [0.1, 0.15) is 23.7 Å². The van der Waals surface area contributed by atoms with Crippen LogP contribution in [-0.2, 0) is 0 Å². The first-order valence-electron chi connectivity index (χ1n) is 4.20. The van der Waals surface area contributed by atoms with Crippen LogP contribution in [0.4, 0.5) is 0 Å². The van der Waals surface area contributed by atoms with Crippen LogP contribution in [0.3, 0.4) is 0 Å². The van der Waals surface area contributed by atoms with Crippen LogP contribution in [0.25, 0.3) is 0 Å². The highest BCUT2D eigenvalue weighted by Crippen LogP contribution is 2.23. The fraction of sp³-hybridized carbons (Fsp3) is 0.444. The average Bonchev–Trinajstić information content (AvgIpc) is 1.91. The van der Waals surface area contributed by atoms with E-state index in [-0.39, 0.29) is 5.56 Å². The Balaban J connectivity index is 2.37. The third kappa shape index (κ3) is 1.16. The van der Waals surface area contributed by atoms with Gasteiger partial charge in [-0.05, 0) is 25.5 Å². The molecule has 3 heteroatoms. The third-order valence-electron chi connectivity index (χ3n) is 2.36. The second-order valence-electron chi connectivity index (χ2n) is 3.20. The molecule has 2 heterocycles. The van der Waals surface area contributed by atoms with Gasteiger partial charge in [0.25, 0.3) is 0 Å². The normalized spacial score (nSPS) is 21.9. The fourth-order valence-corrected chi connectivity index (χ4v) is 1.52. The number of nitrogens with one attached hydrogen (secondary N) is 2. The van der Waals surface area contributed by atoms with E-state index in [1.165, 1.54) is 12.0 Å². The Bertz CT molecular complexity index is 339. The molecule has 1 aromatic rings. The lowest BCUT2D eigenvalue weighted by molar-refractivity contribution is 0.380. The van der Waals surface area contributed by atoms with Gasteiger partial charge in [0.05, 0.1) is 0 Å². The number of H-pyrrole nitrogens is 1. The molecule has 64 valence electrons. The van der Waals surface area contributed by atoms with Gasteiger partial charge in [0, 0.05) is 17.8 Å². The molecule has 12 heavy (non-hydrogen) atoms. The molecule has 0 saturated carbocycles. The fourth-order valence-electron chi connectivity index (χ4n) is 1.52. The van der Waals surface area contributed by atoms with Crippen molar-refractivity contribution in [3.05, 3.63) is 33.7 Å². The van der Waals surface area contributed by atoms with Gasteiger partial charge in [-0.2, -0.15) is 0 Å². The summed E-state index contributed by atoms with van der Waals surface area (Å²) in [7, 11) is 0. The van der Waals surface area contributed by atoms with Crippen molar-refractivity contribution in [2.24, 2.45) is 0 Å². The van der Waals surface area contributed by atoms with Crippen molar-refractivity contribution in [1.82, 2.24) is 10.3 Å². The molecule has 0 spiro atoms. The SMILES string of the molecule is Cc1[nH]c(=O)ccc1[C@@H]1CCN1. The predicted octanol–water partition coefficient (Wildman–Crippen LogP) is 0.718. The molecule has 0 bridgehead atoms. The third-order valence-corrected chi connectivity index (χ3v) is 2.36. The summed E-state index contributed by atoms with van der Waals surface area (Å²) < 4.78 is 0. The second kappa shape index (κ2) is 2.75. The van der Waals surface area contributed by atoms with Gasteiger partial charge in [0.15, 0.2) is 0 Å². The van der Waals surface area contributed by atoms with Gasteiger partial charge in [0.2, 0.25) is 5.56 Å². The van der Waals surface area contributed by atoms with E-state index in [1.807, 2.05) is 13.0 Å². The lowest BCUT2D eigenvalue weighted by Gasteiger charge is -2.28.